The van der Waals surface area contributed by atoms with Crippen LogP contribution in [-0.2, 0) is 11.3 Å². The Kier molecular flexibility index (Phi) is 7.80. The third-order valence-corrected chi connectivity index (χ3v) is 6.48. The van der Waals surface area contributed by atoms with Gasteiger partial charge in [0, 0.05) is 17.7 Å². The largest absolute Gasteiger partial charge is 0.490 e. The van der Waals surface area contributed by atoms with Crippen LogP contribution in [0, 0.1) is 5.82 Å². The smallest absolute Gasteiger partial charge is 0.151 e. The molecular formula is C26H27FN2O2S. The molecule has 3 aromatic rings. The molecule has 0 spiro atoms. The summed E-state index contributed by atoms with van der Waals surface area (Å²) in [5.41, 5.74) is 5.10. The maximum absolute atomic E-state index is 13.1. The van der Waals surface area contributed by atoms with E-state index in [1.54, 1.807) is 12.1 Å². The predicted molar refractivity (Wildman–Crippen MR) is 130 cm³/mol. The van der Waals surface area contributed by atoms with Crippen LogP contribution in [0.2, 0.25) is 0 Å². The molecule has 0 bridgehead atoms. The quantitative estimate of drug-likeness (QED) is 0.265. The molecule has 0 aliphatic carbocycles. The van der Waals surface area contributed by atoms with Crippen LogP contribution >= 0.6 is 11.8 Å². The Balaban J connectivity index is 1.20. The zero-order chi connectivity index (χ0) is 22.2. The van der Waals surface area contributed by atoms with E-state index in [-0.39, 0.29) is 5.82 Å². The van der Waals surface area contributed by atoms with Crippen molar-refractivity contribution in [2.45, 2.75) is 18.6 Å². The molecule has 3 aromatic carbocycles. The summed E-state index contributed by atoms with van der Waals surface area (Å²) in [5.74, 6) is 1.66. The first kappa shape index (κ1) is 22.4. The van der Waals surface area contributed by atoms with Crippen molar-refractivity contribution in [2.24, 2.45) is 5.16 Å². The van der Waals surface area contributed by atoms with Crippen LogP contribution in [0.15, 0.2) is 78.0 Å². The van der Waals surface area contributed by atoms with E-state index >= 15 is 0 Å². The van der Waals surface area contributed by atoms with Crippen LogP contribution in [0.4, 0.5) is 4.39 Å². The van der Waals surface area contributed by atoms with E-state index in [0.717, 1.165) is 47.0 Å². The molecule has 1 fully saturated rings. The van der Waals surface area contributed by atoms with Gasteiger partial charge in [-0.05, 0) is 59.9 Å². The van der Waals surface area contributed by atoms with Crippen LogP contribution < -0.4 is 10.1 Å². The van der Waals surface area contributed by atoms with Gasteiger partial charge in [0.2, 0.25) is 0 Å². The Hall–Kier alpha value is -2.83. The zero-order valence-corrected chi connectivity index (χ0v) is 18.9. The standard InChI is InChI=1S/C26H27FN2O2S/c1-19(21-4-6-22(7-5-21)23-8-10-24(27)11-9-23)29-31-15-14-30-25-12-2-20(3-13-25)16-26-17-28-18-32-26/h2-13,26,28H,14-18H2,1H3. The summed E-state index contributed by atoms with van der Waals surface area (Å²) in [4.78, 5) is 5.42. The molecule has 1 N–H and O–H groups in total. The third kappa shape index (κ3) is 6.34. The van der Waals surface area contributed by atoms with Crippen molar-refractivity contribution in [2.75, 3.05) is 25.6 Å². The molecule has 1 unspecified atom stereocenters. The highest BCUT2D eigenvalue weighted by Crippen LogP contribution is 2.22. The van der Waals surface area contributed by atoms with Crippen molar-refractivity contribution in [3.8, 4) is 16.9 Å². The average Bonchev–Trinajstić information content (AvgIpc) is 3.33. The van der Waals surface area contributed by atoms with Crippen molar-refractivity contribution in [3.63, 3.8) is 0 Å². The molecule has 1 aliphatic heterocycles. The number of ether oxygens (including phenoxy) is 1. The van der Waals surface area contributed by atoms with Gasteiger partial charge in [0.1, 0.15) is 18.2 Å². The maximum Gasteiger partial charge on any atom is 0.151 e. The molecule has 1 aliphatic rings. The lowest BCUT2D eigenvalue weighted by Crippen LogP contribution is -2.14. The Bertz CT molecular complexity index is 1020. The molecular weight excluding hydrogens is 423 g/mol. The van der Waals surface area contributed by atoms with E-state index in [4.69, 9.17) is 9.57 Å². The van der Waals surface area contributed by atoms with Crippen LogP contribution in [0.1, 0.15) is 18.1 Å². The summed E-state index contributed by atoms with van der Waals surface area (Å²) in [7, 11) is 0. The fourth-order valence-corrected chi connectivity index (χ4v) is 4.53. The SMILES string of the molecule is CC(=NOCCOc1ccc(CC2CNCS2)cc1)c1ccc(-c2ccc(F)cc2)cc1. The van der Waals surface area contributed by atoms with Crippen molar-refractivity contribution in [3.05, 3.63) is 89.7 Å². The average molecular weight is 451 g/mol. The number of benzene rings is 3. The van der Waals surface area contributed by atoms with Gasteiger partial charge in [0.25, 0.3) is 0 Å². The Morgan fingerprint density at radius 2 is 1.66 bits per heavy atom. The summed E-state index contributed by atoms with van der Waals surface area (Å²) in [5, 5.41) is 8.23. The highest BCUT2D eigenvalue weighted by Gasteiger charge is 2.15. The summed E-state index contributed by atoms with van der Waals surface area (Å²) < 4.78 is 18.8. The summed E-state index contributed by atoms with van der Waals surface area (Å²) in [6.45, 7) is 3.79. The number of hydrogen-bond acceptors (Lipinski definition) is 5. The van der Waals surface area contributed by atoms with Crippen LogP contribution in [0.25, 0.3) is 11.1 Å². The minimum atomic E-state index is -0.234. The van der Waals surface area contributed by atoms with Crippen molar-refractivity contribution >= 4 is 17.5 Å². The van der Waals surface area contributed by atoms with Gasteiger partial charge in [0.05, 0.1) is 5.71 Å². The second-order valence-electron chi connectivity index (χ2n) is 7.68. The van der Waals surface area contributed by atoms with E-state index in [2.05, 4.69) is 22.6 Å². The Morgan fingerprint density at radius 3 is 2.31 bits per heavy atom. The van der Waals surface area contributed by atoms with Gasteiger partial charge in [-0.2, -0.15) is 0 Å². The highest BCUT2D eigenvalue weighted by molar-refractivity contribution is 8.00. The molecule has 1 heterocycles. The molecule has 0 amide bonds. The normalized spacial score (nSPS) is 16.2. The highest BCUT2D eigenvalue weighted by atomic mass is 32.2. The summed E-state index contributed by atoms with van der Waals surface area (Å²) >= 11 is 1.98. The number of oxime groups is 1. The summed E-state index contributed by atoms with van der Waals surface area (Å²) in [6.07, 6.45) is 1.08. The van der Waals surface area contributed by atoms with Gasteiger partial charge in [-0.15, -0.1) is 11.8 Å². The Morgan fingerprint density at radius 1 is 0.969 bits per heavy atom. The molecule has 6 heteroatoms. The lowest BCUT2D eigenvalue weighted by atomic mass is 10.0. The third-order valence-electron chi connectivity index (χ3n) is 5.30. The number of halogens is 1. The Labute approximate surface area is 192 Å². The van der Waals surface area contributed by atoms with Gasteiger partial charge >= 0.3 is 0 Å². The molecule has 4 rings (SSSR count). The van der Waals surface area contributed by atoms with E-state index in [1.807, 2.05) is 55.1 Å². The number of rotatable bonds is 9. The van der Waals surface area contributed by atoms with E-state index in [9.17, 15) is 4.39 Å². The fraction of sp³-hybridized carbons (Fsp3) is 0.269. The number of nitrogens with zero attached hydrogens (tertiary/aromatic N) is 1. The lowest BCUT2D eigenvalue weighted by Gasteiger charge is -2.09. The second-order valence-corrected chi connectivity index (χ2v) is 8.97. The van der Waals surface area contributed by atoms with Crippen molar-refractivity contribution in [1.82, 2.24) is 5.32 Å². The van der Waals surface area contributed by atoms with E-state index < -0.39 is 0 Å². The van der Waals surface area contributed by atoms with Crippen molar-refractivity contribution < 1.29 is 14.0 Å². The number of nitrogens with one attached hydrogen (secondary N) is 1. The molecule has 1 atom stereocenters. The molecule has 4 nitrogen and oxygen atoms in total. The number of thioether (sulfide) groups is 1. The van der Waals surface area contributed by atoms with Gasteiger partial charge < -0.3 is 14.9 Å². The fourth-order valence-electron chi connectivity index (χ4n) is 3.51. The molecule has 0 saturated carbocycles. The van der Waals surface area contributed by atoms with Crippen molar-refractivity contribution in [1.29, 1.82) is 0 Å². The van der Waals surface area contributed by atoms with E-state index in [1.165, 1.54) is 17.7 Å². The topological polar surface area (TPSA) is 42.9 Å². The van der Waals surface area contributed by atoms with Crippen LogP contribution in [-0.4, -0.2) is 36.6 Å². The monoisotopic (exact) mass is 450 g/mol. The lowest BCUT2D eigenvalue weighted by molar-refractivity contribution is 0.107. The zero-order valence-electron chi connectivity index (χ0n) is 18.1. The molecule has 0 radical (unpaired) electrons. The van der Waals surface area contributed by atoms with Gasteiger partial charge in [-0.25, -0.2) is 4.39 Å². The van der Waals surface area contributed by atoms with Gasteiger partial charge in [-0.3, -0.25) is 0 Å². The van der Waals surface area contributed by atoms with Crippen LogP contribution in [0.5, 0.6) is 5.75 Å². The first-order valence-corrected chi connectivity index (χ1v) is 11.8. The second kappa shape index (κ2) is 11.2. The van der Waals surface area contributed by atoms with Gasteiger partial charge in [0.15, 0.2) is 6.61 Å². The van der Waals surface area contributed by atoms with Crippen LogP contribution in [0.3, 0.4) is 0 Å². The first-order valence-electron chi connectivity index (χ1n) is 10.7. The minimum absolute atomic E-state index is 0.234. The first-order chi connectivity index (χ1) is 15.7. The number of hydrogen-bond donors (Lipinski definition) is 1. The minimum Gasteiger partial charge on any atom is -0.490 e. The van der Waals surface area contributed by atoms with E-state index in [0.29, 0.717) is 18.5 Å². The summed E-state index contributed by atoms with van der Waals surface area (Å²) in [6, 6.07) is 22.7. The predicted octanol–water partition coefficient (Wildman–Crippen LogP) is 5.52. The molecule has 1 saturated heterocycles. The molecule has 166 valence electrons. The molecule has 0 aromatic heterocycles. The maximum atomic E-state index is 13.1. The molecule has 32 heavy (non-hydrogen) atoms. The van der Waals surface area contributed by atoms with Gasteiger partial charge in [-0.1, -0.05) is 53.7 Å².